The van der Waals surface area contributed by atoms with Crippen LogP contribution in [0.15, 0.2) is 24.3 Å². The number of piperidine rings is 1. The normalized spacial score (nSPS) is 24.9. The monoisotopic (exact) mass is 357 g/mol. The van der Waals surface area contributed by atoms with Crippen LogP contribution in [0.3, 0.4) is 0 Å². The van der Waals surface area contributed by atoms with Gasteiger partial charge in [0.15, 0.2) is 0 Å². The Balaban J connectivity index is 1.42. The maximum Gasteiger partial charge on any atom is 0.262 e. The van der Waals surface area contributed by atoms with Crippen molar-refractivity contribution in [1.82, 2.24) is 15.5 Å². The Kier molecular flexibility index (Phi) is 5.37. The van der Waals surface area contributed by atoms with Gasteiger partial charge in [-0.25, -0.2) is 8.78 Å². The summed E-state index contributed by atoms with van der Waals surface area (Å²) in [4.78, 5) is 14.4. The third-order valence-corrected chi connectivity index (χ3v) is 4.93. The maximum absolute atomic E-state index is 13.2. The summed E-state index contributed by atoms with van der Waals surface area (Å²) in [6, 6.07) is 7.09. The van der Waals surface area contributed by atoms with E-state index in [2.05, 4.69) is 15.5 Å². The zero-order valence-corrected chi connectivity index (χ0v) is 14.2. The molecule has 0 bridgehead atoms. The second-order valence-corrected chi connectivity index (χ2v) is 7.12. The van der Waals surface area contributed by atoms with Crippen LogP contribution < -0.4 is 10.6 Å². The first-order chi connectivity index (χ1) is 11.4. The van der Waals surface area contributed by atoms with Gasteiger partial charge in [0.1, 0.15) is 0 Å². The third kappa shape index (κ3) is 4.65. The fraction of sp³-hybridized carbons (Fsp3) is 0.588. The van der Waals surface area contributed by atoms with E-state index in [0.29, 0.717) is 0 Å². The molecule has 1 aromatic carbocycles. The molecule has 4 nitrogen and oxygen atoms in total. The molecule has 1 aromatic rings. The van der Waals surface area contributed by atoms with Crippen LogP contribution in [0.25, 0.3) is 0 Å². The predicted octanol–water partition coefficient (Wildman–Crippen LogP) is 2.42. The lowest BCUT2D eigenvalue weighted by Crippen LogP contribution is -2.49. The van der Waals surface area contributed by atoms with Gasteiger partial charge in [-0.2, -0.15) is 0 Å². The number of carbonyl (C=O) groups excluding carboxylic acids is 1. The van der Waals surface area contributed by atoms with Crippen molar-refractivity contribution >= 4 is 17.5 Å². The van der Waals surface area contributed by atoms with Crippen LogP contribution in [0.1, 0.15) is 24.8 Å². The summed E-state index contributed by atoms with van der Waals surface area (Å²) >= 11 is 5.89. The van der Waals surface area contributed by atoms with Gasteiger partial charge in [0.25, 0.3) is 5.92 Å². The summed E-state index contributed by atoms with van der Waals surface area (Å²) in [5.41, 5.74) is 1.21. The van der Waals surface area contributed by atoms with Crippen LogP contribution in [-0.2, 0) is 11.3 Å². The molecule has 132 valence electrons. The van der Waals surface area contributed by atoms with Gasteiger partial charge < -0.3 is 5.32 Å². The van der Waals surface area contributed by atoms with Crippen molar-refractivity contribution in [2.24, 2.45) is 0 Å². The van der Waals surface area contributed by atoms with Crippen molar-refractivity contribution in [1.29, 1.82) is 0 Å². The van der Waals surface area contributed by atoms with Crippen molar-refractivity contribution in [2.75, 3.05) is 19.6 Å². The number of benzene rings is 1. The molecule has 0 saturated carbocycles. The molecule has 1 unspecified atom stereocenters. The number of nitrogens with one attached hydrogen (secondary N) is 2. The Morgan fingerprint density at radius 3 is 2.54 bits per heavy atom. The molecule has 2 N–H and O–H groups in total. The van der Waals surface area contributed by atoms with Gasteiger partial charge in [-0.15, -0.1) is 0 Å². The number of halogens is 3. The number of rotatable bonds is 4. The van der Waals surface area contributed by atoms with Gasteiger partial charge in [-0.3, -0.25) is 15.0 Å². The Morgan fingerprint density at radius 1 is 1.29 bits per heavy atom. The molecule has 2 heterocycles. The molecule has 0 spiro atoms. The lowest BCUT2D eigenvalue weighted by molar-refractivity contribution is -0.124. The Hall–Kier alpha value is -1.24. The molecule has 0 radical (unpaired) electrons. The number of hydrogen-bond donors (Lipinski definition) is 2. The van der Waals surface area contributed by atoms with Crippen LogP contribution in [0.4, 0.5) is 8.78 Å². The molecule has 24 heavy (non-hydrogen) atoms. The van der Waals surface area contributed by atoms with E-state index < -0.39 is 24.9 Å². The molecule has 0 aliphatic carbocycles. The van der Waals surface area contributed by atoms with E-state index >= 15 is 0 Å². The molecular formula is C17H22ClF2N3O. The molecular weight excluding hydrogens is 336 g/mol. The van der Waals surface area contributed by atoms with Gasteiger partial charge in [-0.1, -0.05) is 23.7 Å². The first kappa shape index (κ1) is 17.6. The van der Waals surface area contributed by atoms with Crippen LogP contribution >= 0.6 is 11.6 Å². The standard InChI is InChI=1S/C17H22ClF2N3O/c18-13-3-1-12(2-4-13)10-23-7-5-14(6-8-23)22-16(24)15-9-17(19,20)11-21-15/h1-4,14-15,21H,5-11H2,(H,22,24). The van der Waals surface area contributed by atoms with E-state index in [1.807, 2.05) is 24.3 Å². The van der Waals surface area contributed by atoms with Crippen molar-refractivity contribution in [3.8, 4) is 0 Å². The predicted molar refractivity (Wildman–Crippen MR) is 89.2 cm³/mol. The van der Waals surface area contributed by atoms with Crippen LogP contribution in [0, 0.1) is 0 Å². The lowest BCUT2D eigenvalue weighted by Gasteiger charge is -2.32. The Bertz CT molecular complexity index is 574. The van der Waals surface area contributed by atoms with Crippen LogP contribution in [0.2, 0.25) is 5.02 Å². The second-order valence-electron chi connectivity index (χ2n) is 6.68. The highest BCUT2D eigenvalue weighted by Crippen LogP contribution is 2.25. The quantitative estimate of drug-likeness (QED) is 0.869. The summed E-state index contributed by atoms with van der Waals surface area (Å²) in [6.45, 7) is 2.20. The number of likely N-dealkylation sites (tertiary alicyclic amines) is 1. The van der Waals surface area contributed by atoms with E-state index in [9.17, 15) is 13.6 Å². The van der Waals surface area contributed by atoms with Gasteiger partial charge in [0.2, 0.25) is 5.91 Å². The highest BCUT2D eigenvalue weighted by Gasteiger charge is 2.42. The van der Waals surface area contributed by atoms with Crippen molar-refractivity contribution in [3.05, 3.63) is 34.9 Å². The number of nitrogens with zero attached hydrogens (tertiary/aromatic N) is 1. The number of alkyl halides is 2. The molecule has 7 heteroatoms. The molecule has 0 aromatic heterocycles. The minimum Gasteiger partial charge on any atom is -0.352 e. The van der Waals surface area contributed by atoms with Gasteiger partial charge >= 0.3 is 0 Å². The van der Waals surface area contributed by atoms with E-state index in [0.717, 1.165) is 37.5 Å². The molecule has 2 aliphatic heterocycles. The molecule has 3 rings (SSSR count). The first-order valence-electron chi connectivity index (χ1n) is 8.30. The van der Waals surface area contributed by atoms with Crippen molar-refractivity contribution < 1.29 is 13.6 Å². The topological polar surface area (TPSA) is 44.4 Å². The smallest absolute Gasteiger partial charge is 0.262 e. The van der Waals surface area contributed by atoms with Crippen LogP contribution in [0.5, 0.6) is 0 Å². The minimum absolute atomic E-state index is 0.0648. The summed E-state index contributed by atoms with van der Waals surface area (Å²) in [5.74, 6) is -3.08. The molecule has 1 amide bonds. The zero-order valence-electron chi connectivity index (χ0n) is 13.4. The first-order valence-corrected chi connectivity index (χ1v) is 8.67. The van der Waals surface area contributed by atoms with E-state index in [4.69, 9.17) is 11.6 Å². The zero-order chi connectivity index (χ0) is 17.2. The maximum atomic E-state index is 13.2. The van der Waals surface area contributed by atoms with Gasteiger partial charge in [-0.05, 0) is 30.5 Å². The average molecular weight is 358 g/mol. The fourth-order valence-corrected chi connectivity index (χ4v) is 3.41. The number of amides is 1. The minimum atomic E-state index is -2.77. The van der Waals surface area contributed by atoms with Crippen LogP contribution in [-0.4, -0.2) is 48.4 Å². The fourth-order valence-electron chi connectivity index (χ4n) is 3.29. The summed E-state index contributed by atoms with van der Waals surface area (Å²) in [5, 5.41) is 6.24. The highest BCUT2D eigenvalue weighted by molar-refractivity contribution is 6.30. The van der Waals surface area contributed by atoms with Gasteiger partial charge in [0, 0.05) is 37.1 Å². The molecule has 2 aliphatic rings. The van der Waals surface area contributed by atoms with Crippen molar-refractivity contribution in [2.45, 2.75) is 43.8 Å². The SMILES string of the molecule is O=C(NC1CCN(Cc2ccc(Cl)cc2)CC1)C1CC(F)(F)CN1. The van der Waals surface area contributed by atoms with E-state index in [1.165, 1.54) is 5.56 Å². The third-order valence-electron chi connectivity index (χ3n) is 4.68. The van der Waals surface area contributed by atoms with E-state index in [-0.39, 0.29) is 11.9 Å². The number of hydrogen-bond acceptors (Lipinski definition) is 3. The summed E-state index contributed by atoms with van der Waals surface area (Å²) in [7, 11) is 0. The molecule has 1 atom stereocenters. The largest absolute Gasteiger partial charge is 0.352 e. The Labute approximate surface area is 145 Å². The number of carbonyl (C=O) groups is 1. The average Bonchev–Trinajstić information content (AvgIpc) is 2.92. The van der Waals surface area contributed by atoms with Crippen molar-refractivity contribution in [3.63, 3.8) is 0 Å². The summed E-state index contributed by atoms with van der Waals surface area (Å²) < 4.78 is 26.3. The molecule has 2 saturated heterocycles. The second kappa shape index (κ2) is 7.33. The molecule has 2 fully saturated rings. The van der Waals surface area contributed by atoms with E-state index in [1.54, 1.807) is 0 Å². The van der Waals surface area contributed by atoms with Gasteiger partial charge in [0.05, 0.1) is 12.6 Å². The summed E-state index contributed by atoms with van der Waals surface area (Å²) in [6.07, 6.45) is 1.26. The highest BCUT2D eigenvalue weighted by atomic mass is 35.5. The lowest BCUT2D eigenvalue weighted by atomic mass is 10.0. The Morgan fingerprint density at radius 2 is 1.96 bits per heavy atom.